The SMILES string of the molecule is COC1CN(c2cnc3ccc(Nc4nnc(C5CCCC5)s4)nc3c2)C1. The van der Waals surface area contributed by atoms with E-state index in [1.54, 1.807) is 18.4 Å². The number of methoxy groups -OCH3 is 1. The van der Waals surface area contributed by atoms with Crippen LogP contribution in [0.1, 0.15) is 36.6 Å². The predicted octanol–water partition coefficient (Wildman–Crippen LogP) is 3.72. The molecule has 7 nitrogen and oxygen atoms in total. The third-order valence-electron chi connectivity index (χ3n) is 5.45. The summed E-state index contributed by atoms with van der Waals surface area (Å²) in [4.78, 5) is 11.5. The maximum atomic E-state index is 5.35. The van der Waals surface area contributed by atoms with Crippen LogP contribution in [0.3, 0.4) is 0 Å². The van der Waals surface area contributed by atoms with Crippen LogP contribution < -0.4 is 10.2 Å². The third-order valence-corrected chi connectivity index (χ3v) is 6.45. The number of pyridine rings is 2. The molecular formula is C19H22N6OS. The van der Waals surface area contributed by atoms with E-state index in [0.29, 0.717) is 12.0 Å². The second-order valence-corrected chi connectivity index (χ2v) is 8.25. The standard InChI is InChI=1S/C19H22N6OS/c1-26-14-10-25(11-14)13-8-16-15(20-9-13)6-7-17(21-16)22-19-24-23-18(27-19)12-4-2-3-5-12/h6-9,12,14H,2-5,10-11H2,1H3,(H,21,22,24). The van der Waals surface area contributed by atoms with Gasteiger partial charge in [-0.2, -0.15) is 0 Å². The minimum absolute atomic E-state index is 0.313. The summed E-state index contributed by atoms with van der Waals surface area (Å²) >= 11 is 1.64. The molecule has 1 N–H and O–H groups in total. The van der Waals surface area contributed by atoms with Gasteiger partial charge in [0.25, 0.3) is 0 Å². The molecule has 0 aromatic carbocycles. The van der Waals surface area contributed by atoms with Crippen molar-refractivity contribution in [2.24, 2.45) is 0 Å². The zero-order valence-corrected chi connectivity index (χ0v) is 16.1. The van der Waals surface area contributed by atoms with Crippen molar-refractivity contribution in [3.63, 3.8) is 0 Å². The number of fused-ring (bicyclic) bond motifs is 1. The van der Waals surface area contributed by atoms with Crippen molar-refractivity contribution < 1.29 is 4.74 Å². The Labute approximate surface area is 161 Å². The van der Waals surface area contributed by atoms with Crippen molar-refractivity contribution >= 4 is 39.0 Å². The van der Waals surface area contributed by atoms with Gasteiger partial charge in [0.2, 0.25) is 5.13 Å². The Morgan fingerprint density at radius 2 is 2.00 bits per heavy atom. The monoisotopic (exact) mass is 382 g/mol. The number of ether oxygens (including phenoxy) is 1. The normalized spacial score (nSPS) is 18.2. The van der Waals surface area contributed by atoms with E-state index in [4.69, 9.17) is 9.72 Å². The van der Waals surface area contributed by atoms with E-state index in [9.17, 15) is 0 Å². The Morgan fingerprint density at radius 1 is 1.15 bits per heavy atom. The molecule has 0 amide bonds. The first kappa shape index (κ1) is 16.8. The molecule has 2 aliphatic rings. The summed E-state index contributed by atoms with van der Waals surface area (Å²) in [5.74, 6) is 1.36. The van der Waals surface area contributed by atoms with Crippen LogP contribution in [0.25, 0.3) is 11.0 Å². The molecule has 3 aromatic rings. The molecule has 0 unspecified atom stereocenters. The quantitative estimate of drug-likeness (QED) is 0.721. The molecule has 1 saturated heterocycles. The summed E-state index contributed by atoms with van der Waals surface area (Å²) in [6, 6.07) is 6.01. The lowest BCUT2D eigenvalue weighted by molar-refractivity contribution is 0.0787. The zero-order valence-electron chi connectivity index (χ0n) is 15.3. The van der Waals surface area contributed by atoms with Crippen molar-refractivity contribution in [2.45, 2.75) is 37.7 Å². The van der Waals surface area contributed by atoms with Gasteiger partial charge in [0, 0.05) is 26.1 Å². The summed E-state index contributed by atoms with van der Waals surface area (Å²) in [7, 11) is 1.76. The van der Waals surface area contributed by atoms with Gasteiger partial charge >= 0.3 is 0 Å². The summed E-state index contributed by atoms with van der Waals surface area (Å²) in [5, 5.41) is 13.9. The molecule has 0 spiro atoms. The number of nitrogens with zero attached hydrogens (tertiary/aromatic N) is 5. The molecule has 140 valence electrons. The largest absolute Gasteiger partial charge is 0.378 e. The van der Waals surface area contributed by atoms with Crippen LogP contribution in [-0.2, 0) is 4.74 Å². The van der Waals surface area contributed by atoms with Crippen LogP contribution in [-0.4, -0.2) is 46.5 Å². The number of aromatic nitrogens is 4. The fourth-order valence-electron chi connectivity index (χ4n) is 3.77. The molecule has 2 fully saturated rings. The van der Waals surface area contributed by atoms with Crippen LogP contribution in [0.4, 0.5) is 16.6 Å². The molecule has 3 aromatic heterocycles. The van der Waals surface area contributed by atoms with Gasteiger partial charge in [-0.05, 0) is 31.0 Å². The van der Waals surface area contributed by atoms with Gasteiger partial charge in [-0.1, -0.05) is 24.2 Å². The number of rotatable bonds is 5. The lowest BCUT2D eigenvalue weighted by Gasteiger charge is -2.39. The predicted molar refractivity (Wildman–Crippen MR) is 107 cm³/mol. The summed E-state index contributed by atoms with van der Waals surface area (Å²) in [6.07, 6.45) is 7.29. The maximum absolute atomic E-state index is 5.35. The highest BCUT2D eigenvalue weighted by molar-refractivity contribution is 7.15. The minimum Gasteiger partial charge on any atom is -0.378 e. The van der Waals surface area contributed by atoms with Gasteiger partial charge in [0.05, 0.1) is 29.0 Å². The van der Waals surface area contributed by atoms with E-state index in [1.807, 2.05) is 18.3 Å². The van der Waals surface area contributed by atoms with E-state index in [1.165, 1.54) is 25.7 Å². The second kappa shape index (κ2) is 7.01. The first-order valence-electron chi connectivity index (χ1n) is 9.43. The van der Waals surface area contributed by atoms with Crippen molar-refractivity contribution in [2.75, 3.05) is 30.4 Å². The second-order valence-electron chi connectivity index (χ2n) is 7.24. The highest BCUT2D eigenvalue weighted by atomic mass is 32.1. The number of hydrogen-bond acceptors (Lipinski definition) is 8. The molecular weight excluding hydrogens is 360 g/mol. The van der Waals surface area contributed by atoms with E-state index >= 15 is 0 Å². The topological polar surface area (TPSA) is 76.1 Å². The molecule has 4 heterocycles. The van der Waals surface area contributed by atoms with Gasteiger partial charge in [0.15, 0.2) is 0 Å². The van der Waals surface area contributed by atoms with E-state index in [-0.39, 0.29) is 0 Å². The molecule has 0 bridgehead atoms. The lowest BCUT2D eigenvalue weighted by Crippen LogP contribution is -2.51. The highest BCUT2D eigenvalue weighted by Crippen LogP contribution is 2.37. The molecule has 1 aliphatic heterocycles. The van der Waals surface area contributed by atoms with Gasteiger partial charge in [0.1, 0.15) is 10.8 Å². The third kappa shape index (κ3) is 3.35. The Hall–Kier alpha value is -2.32. The van der Waals surface area contributed by atoms with E-state index < -0.39 is 0 Å². The zero-order chi connectivity index (χ0) is 18.2. The first-order valence-corrected chi connectivity index (χ1v) is 10.2. The van der Waals surface area contributed by atoms with Gasteiger partial charge in [-0.25, -0.2) is 4.98 Å². The molecule has 0 atom stereocenters. The summed E-state index contributed by atoms with van der Waals surface area (Å²) in [6.45, 7) is 1.80. The summed E-state index contributed by atoms with van der Waals surface area (Å²) in [5.41, 5.74) is 2.84. The first-order chi connectivity index (χ1) is 13.3. The molecule has 1 saturated carbocycles. The Balaban J connectivity index is 1.34. The molecule has 5 rings (SSSR count). The highest BCUT2D eigenvalue weighted by Gasteiger charge is 2.27. The van der Waals surface area contributed by atoms with Crippen molar-refractivity contribution in [1.82, 2.24) is 20.2 Å². The average molecular weight is 382 g/mol. The fraction of sp³-hybridized carbons (Fsp3) is 0.474. The van der Waals surface area contributed by atoms with Gasteiger partial charge in [-0.15, -0.1) is 10.2 Å². The van der Waals surface area contributed by atoms with Crippen molar-refractivity contribution in [3.8, 4) is 0 Å². The molecule has 8 heteroatoms. The van der Waals surface area contributed by atoms with Gasteiger partial charge < -0.3 is 15.0 Å². The molecule has 27 heavy (non-hydrogen) atoms. The number of anilines is 3. The Morgan fingerprint density at radius 3 is 2.81 bits per heavy atom. The Bertz CT molecular complexity index is 948. The van der Waals surface area contributed by atoms with Gasteiger partial charge in [-0.3, -0.25) is 4.98 Å². The minimum atomic E-state index is 0.313. The van der Waals surface area contributed by atoms with E-state index in [0.717, 1.165) is 45.8 Å². The number of hydrogen-bond donors (Lipinski definition) is 1. The van der Waals surface area contributed by atoms with Crippen LogP contribution in [0.2, 0.25) is 0 Å². The maximum Gasteiger partial charge on any atom is 0.211 e. The number of nitrogens with one attached hydrogen (secondary N) is 1. The lowest BCUT2D eigenvalue weighted by atomic mass is 10.1. The van der Waals surface area contributed by atoms with Crippen LogP contribution in [0.15, 0.2) is 24.4 Å². The van der Waals surface area contributed by atoms with Crippen LogP contribution >= 0.6 is 11.3 Å². The van der Waals surface area contributed by atoms with Crippen LogP contribution in [0.5, 0.6) is 0 Å². The smallest absolute Gasteiger partial charge is 0.211 e. The Kier molecular flexibility index (Phi) is 4.37. The van der Waals surface area contributed by atoms with Crippen molar-refractivity contribution in [3.05, 3.63) is 29.4 Å². The van der Waals surface area contributed by atoms with Crippen molar-refractivity contribution in [1.29, 1.82) is 0 Å². The van der Waals surface area contributed by atoms with Crippen LogP contribution in [0, 0.1) is 0 Å². The average Bonchev–Trinajstić information content (AvgIpc) is 3.32. The summed E-state index contributed by atoms with van der Waals surface area (Å²) < 4.78 is 5.35. The fourth-order valence-corrected chi connectivity index (χ4v) is 4.69. The molecule has 0 radical (unpaired) electrons. The van der Waals surface area contributed by atoms with E-state index in [2.05, 4.69) is 31.5 Å². The molecule has 1 aliphatic carbocycles.